The molecule has 1 aromatic heterocycles. The van der Waals surface area contributed by atoms with Gasteiger partial charge in [-0.2, -0.15) is 4.68 Å². The molecule has 8 heteroatoms. The first-order valence-corrected chi connectivity index (χ1v) is 9.66. The van der Waals surface area contributed by atoms with E-state index in [1.165, 1.54) is 0 Å². The number of carbonyl (C=O) groups excluding carboxylic acids is 1. The van der Waals surface area contributed by atoms with E-state index in [0.717, 1.165) is 16.8 Å². The molecule has 3 aromatic rings. The van der Waals surface area contributed by atoms with E-state index in [0.29, 0.717) is 27.9 Å². The fourth-order valence-electron chi connectivity index (χ4n) is 3.30. The second-order valence-electron chi connectivity index (χ2n) is 6.62. The SMILES string of the molecule is CCC(=O)N(C)[C@H](c1ccc(Cl)cc1Cl)c1nnnn1-c1c(C)cccc1C. The molecule has 2 aromatic carbocycles. The molecule has 0 aliphatic rings. The van der Waals surface area contributed by atoms with Crippen LogP contribution in [0.1, 0.15) is 41.9 Å². The summed E-state index contributed by atoms with van der Waals surface area (Å²) in [7, 11) is 1.73. The van der Waals surface area contributed by atoms with Crippen molar-refractivity contribution in [3.05, 3.63) is 69.0 Å². The number of aromatic nitrogens is 4. The van der Waals surface area contributed by atoms with Crippen LogP contribution in [0, 0.1) is 13.8 Å². The van der Waals surface area contributed by atoms with Gasteiger partial charge in [-0.3, -0.25) is 4.79 Å². The lowest BCUT2D eigenvalue weighted by molar-refractivity contribution is -0.131. The molecule has 0 spiro atoms. The van der Waals surface area contributed by atoms with Crippen molar-refractivity contribution in [3.63, 3.8) is 0 Å². The number of hydrogen-bond donors (Lipinski definition) is 0. The van der Waals surface area contributed by atoms with E-state index in [-0.39, 0.29) is 5.91 Å². The summed E-state index contributed by atoms with van der Waals surface area (Å²) in [4.78, 5) is 14.2. The van der Waals surface area contributed by atoms with E-state index in [1.54, 1.807) is 34.8 Å². The molecule has 0 unspecified atom stereocenters. The zero-order valence-corrected chi connectivity index (χ0v) is 17.7. The zero-order chi connectivity index (χ0) is 20.4. The summed E-state index contributed by atoms with van der Waals surface area (Å²) in [5.41, 5.74) is 3.64. The lowest BCUT2D eigenvalue weighted by atomic mass is 10.0. The predicted octanol–water partition coefficient (Wildman–Crippen LogP) is 4.54. The molecule has 0 N–H and O–H groups in total. The molecular formula is C20H21Cl2N5O. The molecule has 0 saturated heterocycles. The fourth-order valence-corrected chi connectivity index (χ4v) is 3.81. The summed E-state index contributed by atoms with van der Waals surface area (Å²) < 4.78 is 1.68. The number of carbonyl (C=O) groups is 1. The third-order valence-electron chi connectivity index (χ3n) is 4.73. The Bertz CT molecular complexity index is 997. The molecule has 28 heavy (non-hydrogen) atoms. The Hall–Kier alpha value is -2.44. The Morgan fingerprint density at radius 1 is 1.18 bits per heavy atom. The first-order chi connectivity index (χ1) is 13.3. The van der Waals surface area contributed by atoms with Gasteiger partial charge in [0.05, 0.1) is 5.69 Å². The van der Waals surface area contributed by atoms with Crippen LogP contribution in [0.5, 0.6) is 0 Å². The van der Waals surface area contributed by atoms with Crippen LogP contribution in [-0.2, 0) is 4.79 Å². The average Bonchev–Trinajstić information content (AvgIpc) is 3.11. The van der Waals surface area contributed by atoms with Crippen LogP contribution in [0.4, 0.5) is 0 Å². The number of hydrogen-bond acceptors (Lipinski definition) is 4. The number of aryl methyl sites for hydroxylation is 2. The molecule has 0 aliphatic heterocycles. The molecule has 1 amide bonds. The third-order valence-corrected chi connectivity index (χ3v) is 5.29. The minimum absolute atomic E-state index is 0.0490. The minimum atomic E-state index is -0.564. The number of amides is 1. The van der Waals surface area contributed by atoms with Crippen molar-refractivity contribution in [2.24, 2.45) is 0 Å². The van der Waals surface area contributed by atoms with Crippen molar-refractivity contribution in [1.82, 2.24) is 25.1 Å². The lowest BCUT2D eigenvalue weighted by Crippen LogP contribution is -2.33. The van der Waals surface area contributed by atoms with Gasteiger partial charge in [-0.15, -0.1) is 5.10 Å². The molecule has 6 nitrogen and oxygen atoms in total. The van der Waals surface area contributed by atoms with Gasteiger partial charge in [0.15, 0.2) is 5.82 Å². The van der Waals surface area contributed by atoms with Crippen molar-refractivity contribution >= 4 is 29.1 Å². The van der Waals surface area contributed by atoms with Gasteiger partial charge in [-0.25, -0.2) is 0 Å². The van der Waals surface area contributed by atoms with Crippen LogP contribution in [0.15, 0.2) is 36.4 Å². The second kappa shape index (κ2) is 8.29. The van der Waals surface area contributed by atoms with Crippen molar-refractivity contribution in [3.8, 4) is 5.69 Å². The number of rotatable bonds is 5. The van der Waals surface area contributed by atoms with Crippen molar-refractivity contribution in [2.75, 3.05) is 7.05 Å². The van der Waals surface area contributed by atoms with E-state index in [1.807, 2.05) is 39.0 Å². The number of nitrogens with zero attached hydrogens (tertiary/aromatic N) is 5. The van der Waals surface area contributed by atoms with Crippen molar-refractivity contribution < 1.29 is 4.79 Å². The molecule has 0 fully saturated rings. The number of benzene rings is 2. The standard InChI is InChI=1S/C20H21Cl2N5O/c1-5-17(28)26(4)19(15-10-9-14(21)11-16(15)22)20-23-24-25-27(20)18-12(2)7-6-8-13(18)3/h6-11,19H,5H2,1-4H3/t19-/m1/s1. The molecule has 0 aliphatic carbocycles. The van der Waals surface area contributed by atoms with E-state index in [2.05, 4.69) is 15.5 Å². The molecule has 0 radical (unpaired) electrons. The summed E-state index contributed by atoms with van der Waals surface area (Å²) in [6.07, 6.45) is 0.350. The maximum Gasteiger partial charge on any atom is 0.222 e. The quantitative estimate of drug-likeness (QED) is 0.610. The Morgan fingerprint density at radius 3 is 2.46 bits per heavy atom. The molecule has 1 atom stereocenters. The highest BCUT2D eigenvalue weighted by Gasteiger charge is 2.31. The van der Waals surface area contributed by atoms with E-state index >= 15 is 0 Å². The number of tetrazole rings is 1. The van der Waals surface area contributed by atoms with Crippen LogP contribution in [0.25, 0.3) is 5.69 Å². The molecule has 1 heterocycles. The highest BCUT2D eigenvalue weighted by Crippen LogP contribution is 2.34. The maximum atomic E-state index is 12.6. The van der Waals surface area contributed by atoms with Gasteiger partial charge in [-0.05, 0) is 47.5 Å². The smallest absolute Gasteiger partial charge is 0.222 e. The summed E-state index contributed by atoms with van der Waals surface area (Å²) in [6.45, 7) is 5.81. The molecule has 146 valence electrons. The fraction of sp³-hybridized carbons (Fsp3) is 0.300. The van der Waals surface area contributed by atoms with Crippen molar-refractivity contribution in [2.45, 2.75) is 33.2 Å². The van der Waals surface area contributed by atoms with Crippen LogP contribution >= 0.6 is 23.2 Å². The highest BCUT2D eigenvalue weighted by atomic mass is 35.5. The Kier molecular flexibility index (Phi) is 6.01. The minimum Gasteiger partial charge on any atom is -0.331 e. The monoisotopic (exact) mass is 417 g/mol. The summed E-state index contributed by atoms with van der Waals surface area (Å²) in [6, 6.07) is 10.6. The van der Waals surface area contributed by atoms with Crippen molar-refractivity contribution in [1.29, 1.82) is 0 Å². The van der Waals surface area contributed by atoms with Crippen LogP contribution < -0.4 is 0 Å². The zero-order valence-electron chi connectivity index (χ0n) is 16.1. The van der Waals surface area contributed by atoms with Gasteiger partial charge in [0.1, 0.15) is 6.04 Å². The maximum absolute atomic E-state index is 12.6. The molecule has 3 rings (SSSR count). The van der Waals surface area contributed by atoms with Gasteiger partial charge in [0.25, 0.3) is 0 Å². The lowest BCUT2D eigenvalue weighted by Gasteiger charge is -2.28. The second-order valence-corrected chi connectivity index (χ2v) is 7.46. The molecule has 0 saturated carbocycles. The Labute approximate surface area is 174 Å². The highest BCUT2D eigenvalue weighted by molar-refractivity contribution is 6.35. The summed E-state index contributed by atoms with van der Waals surface area (Å²) >= 11 is 12.6. The van der Waals surface area contributed by atoms with E-state index in [9.17, 15) is 4.79 Å². The first kappa shape index (κ1) is 20.3. The number of halogens is 2. The summed E-state index contributed by atoms with van der Waals surface area (Å²) in [5.74, 6) is 0.456. The van der Waals surface area contributed by atoms with E-state index < -0.39 is 6.04 Å². The van der Waals surface area contributed by atoms with Gasteiger partial charge in [0.2, 0.25) is 5.91 Å². The average molecular weight is 418 g/mol. The number of para-hydroxylation sites is 1. The summed E-state index contributed by atoms with van der Waals surface area (Å²) in [5, 5.41) is 13.4. The largest absolute Gasteiger partial charge is 0.331 e. The van der Waals surface area contributed by atoms with Gasteiger partial charge < -0.3 is 4.90 Å². The normalized spacial score (nSPS) is 12.1. The Morgan fingerprint density at radius 2 is 1.86 bits per heavy atom. The molecule has 0 bridgehead atoms. The third kappa shape index (κ3) is 3.75. The molecular weight excluding hydrogens is 397 g/mol. The topological polar surface area (TPSA) is 63.9 Å². The van der Waals surface area contributed by atoms with Gasteiger partial charge in [0, 0.05) is 29.1 Å². The first-order valence-electron chi connectivity index (χ1n) is 8.90. The van der Waals surface area contributed by atoms with Crippen LogP contribution in [-0.4, -0.2) is 38.1 Å². The van der Waals surface area contributed by atoms with Crippen LogP contribution in [0.2, 0.25) is 10.0 Å². The Balaban J connectivity index is 2.23. The van der Waals surface area contributed by atoms with E-state index in [4.69, 9.17) is 23.2 Å². The van der Waals surface area contributed by atoms with Crippen LogP contribution in [0.3, 0.4) is 0 Å². The predicted molar refractivity (Wildman–Crippen MR) is 110 cm³/mol. The van der Waals surface area contributed by atoms with Gasteiger partial charge >= 0.3 is 0 Å². The van der Waals surface area contributed by atoms with Gasteiger partial charge in [-0.1, -0.05) is 54.4 Å².